The second kappa shape index (κ2) is 14.6. The van der Waals surface area contributed by atoms with Gasteiger partial charge in [0.1, 0.15) is 0 Å². The van der Waals surface area contributed by atoms with Crippen molar-refractivity contribution < 1.29 is 0 Å². The van der Waals surface area contributed by atoms with Gasteiger partial charge in [-0.05, 0) is 90.4 Å². The maximum Gasteiger partial charge on any atom is 0.0540 e. The van der Waals surface area contributed by atoms with E-state index in [1.807, 2.05) is 0 Å². The van der Waals surface area contributed by atoms with E-state index < -0.39 is 0 Å². The standard InChI is InChI=1S/C54H49N/c1-53(2,3)43-35-42(36-44(37-43)54(4,5)6)46-25-13-15-29-50(46)55(45-33-31-39(32-34-45)38-19-9-7-10-20-38)51-30-16-14-26-48(51)49-28-18-24-41-23-17-27-47(52(41)49)40-21-11-8-12-22-40/h7-37H,1-6H3. The summed E-state index contributed by atoms with van der Waals surface area (Å²) in [6, 6.07) is 69.0. The van der Waals surface area contributed by atoms with Crippen LogP contribution in [0.3, 0.4) is 0 Å². The van der Waals surface area contributed by atoms with Crippen LogP contribution in [-0.2, 0) is 10.8 Å². The molecule has 0 fully saturated rings. The molecule has 8 rings (SSSR count). The van der Waals surface area contributed by atoms with Crippen molar-refractivity contribution in [2.24, 2.45) is 0 Å². The van der Waals surface area contributed by atoms with Crippen LogP contribution in [0.2, 0.25) is 0 Å². The molecule has 270 valence electrons. The van der Waals surface area contributed by atoms with Gasteiger partial charge < -0.3 is 4.90 Å². The van der Waals surface area contributed by atoms with E-state index in [1.165, 1.54) is 66.4 Å². The van der Waals surface area contributed by atoms with Crippen LogP contribution in [-0.4, -0.2) is 0 Å². The molecule has 0 unspecified atom stereocenters. The fourth-order valence-corrected chi connectivity index (χ4v) is 7.72. The topological polar surface area (TPSA) is 3.24 Å². The highest BCUT2D eigenvalue weighted by Gasteiger charge is 2.25. The Bertz CT molecular complexity index is 2550. The minimum Gasteiger partial charge on any atom is -0.309 e. The van der Waals surface area contributed by atoms with Crippen molar-refractivity contribution in [1.82, 2.24) is 0 Å². The average Bonchev–Trinajstić information content (AvgIpc) is 3.21. The van der Waals surface area contributed by atoms with Crippen LogP contribution >= 0.6 is 0 Å². The minimum atomic E-state index is -0.00463. The Morgan fingerprint density at radius 1 is 0.327 bits per heavy atom. The zero-order valence-electron chi connectivity index (χ0n) is 32.8. The molecule has 0 atom stereocenters. The fourth-order valence-electron chi connectivity index (χ4n) is 7.72. The summed E-state index contributed by atoms with van der Waals surface area (Å²) in [5.74, 6) is 0. The van der Waals surface area contributed by atoms with E-state index in [0.717, 1.165) is 17.1 Å². The van der Waals surface area contributed by atoms with Gasteiger partial charge in [-0.3, -0.25) is 0 Å². The summed E-state index contributed by atoms with van der Waals surface area (Å²) in [7, 11) is 0. The first-order chi connectivity index (χ1) is 26.6. The summed E-state index contributed by atoms with van der Waals surface area (Å²) >= 11 is 0. The van der Waals surface area contributed by atoms with Gasteiger partial charge in [0.05, 0.1) is 11.4 Å². The second-order valence-electron chi connectivity index (χ2n) is 16.7. The first-order valence-electron chi connectivity index (χ1n) is 19.4. The van der Waals surface area contributed by atoms with Crippen molar-refractivity contribution in [1.29, 1.82) is 0 Å². The molecule has 0 bridgehead atoms. The highest BCUT2D eigenvalue weighted by molar-refractivity contribution is 6.09. The van der Waals surface area contributed by atoms with Crippen molar-refractivity contribution in [2.45, 2.75) is 52.4 Å². The number of fused-ring (bicyclic) bond motifs is 1. The fraction of sp³-hybridized carbons (Fsp3) is 0.148. The zero-order valence-corrected chi connectivity index (χ0v) is 32.8. The maximum absolute atomic E-state index is 2.48. The van der Waals surface area contributed by atoms with Crippen LogP contribution in [0.15, 0.2) is 188 Å². The maximum atomic E-state index is 2.48. The molecule has 1 nitrogen and oxygen atoms in total. The van der Waals surface area contributed by atoms with Crippen molar-refractivity contribution in [3.63, 3.8) is 0 Å². The Balaban J connectivity index is 1.40. The number of hydrogen-bond acceptors (Lipinski definition) is 1. The highest BCUT2D eigenvalue weighted by atomic mass is 15.1. The van der Waals surface area contributed by atoms with E-state index in [2.05, 4.69) is 234 Å². The molecule has 0 heterocycles. The molecule has 55 heavy (non-hydrogen) atoms. The number of rotatable bonds is 7. The second-order valence-corrected chi connectivity index (χ2v) is 16.7. The molecular formula is C54H49N. The van der Waals surface area contributed by atoms with Crippen molar-refractivity contribution in [3.8, 4) is 44.5 Å². The molecule has 0 aliphatic carbocycles. The number of hydrogen-bond donors (Lipinski definition) is 0. The average molecular weight is 712 g/mol. The largest absolute Gasteiger partial charge is 0.309 e. The molecule has 0 saturated heterocycles. The van der Waals surface area contributed by atoms with E-state index in [9.17, 15) is 0 Å². The quantitative estimate of drug-likeness (QED) is 0.159. The summed E-state index contributed by atoms with van der Waals surface area (Å²) in [5, 5.41) is 2.48. The van der Waals surface area contributed by atoms with Crippen LogP contribution in [0.4, 0.5) is 17.1 Å². The molecule has 0 aromatic heterocycles. The van der Waals surface area contributed by atoms with Gasteiger partial charge in [0.15, 0.2) is 0 Å². The Morgan fingerprint density at radius 3 is 1.36 bits per heavy atom. The predicted octanol–water partition coefficient (Wildman–Crippen LogP) is 15.6. The molecule has 8 aromatic carbocycles. The molecule has 0 aliphatic heterocycles. The Kier molecular flexibility index (Phi) is 9.49. The first kappa shape index (κ1) is 35.8. The van der Waals surface area contributed by atoms with Crippen LogP contribution in [0, 0.1) is 0 Å². The molecule has 0 saturated carbocycles. The van der Waals surface area contributed by atoms with E-state index in [4.69, 9.17) is 0 Å². The third kappa shape index (κ3) is 7.23. The number of nitrogens with zero attached hydrogens (tertiary/aromatic N) is 1. The third-order valence-corrected chi connectivity index (χ3v) is 10.8. The lowest BCUT2D eigenvalue weighted by Gasteiger charge is -2.31. The number of para-hydroxylation sites is 2. The first-order valence-corrected chi connectivity index (χ1v) is 19.4. The van der Waals surface area contributed by atoms with Gasteiger partial charge in [-0.15, -0.1) is 0 Å². The summed E-state index contributed by atoms with van der Waals surface area (Å²) in [4.78, 5) is 2.48. The van der Waals surface area contributed by atoms with Gasteiger partial charge in [-0.1, -0.05) is 205 Å². The van der Waals surface area contributed by atoms with Crippen molar-refractivity contribution >= 4 is 27.8 Å². The Morgan fingerprint density at radius 2 is 0.782 bits per heavy atom. The summed E-state index contributed by atoms with van der Waals surface area (Å²) in [6.45, 7) is 13.9. The SMILES string of the molecule is CC(C)(C)c1cc(-c2ccccc2N(c2ccc(-c3ccccc3)cc2)c2ccccc2-c2cccc3cccc(-c4ccccc4)c23)cc(C(C)(C)C)c1. The lowest BCUT2D eigenvalue weighted by Crippen LogP contribution is -2.17. The molecule has 0 aliphatic rings. The normalized spacial score (nSPS) is 11.8. The molecule has 8 aromatic rings. The summed E-state index contributed by atoms with van der Waals surface area (Å²) < 4.78 is 0. The Hall–Kier alpha value is -6.18. The molecule has 0 spiro atoms. The zero-order chi connectivity index (χ0) is 38.2. The van der Waals surface area contributed by atoms with E-state index >= 15 is 0 Å². The van der Waals surface area contributed by atoms with Gasteiger partial charge in [-0.2, -0.15) is 0 Å². The van der Waals surface area contributed by atoms with Crippen LogP contribution < -0.4 is 4.90 Å². The minimum absolute atomic E-state index is 0.00463. The highest BCUT2D eigenvalue weighted by Crippen LogP contribution is 2.48. The van der Waals surface area contributed by atoms with E-state index in [1.54, 1.807) is 0 Å². The van der Waals surface area contributed by atoms with Gasteiger partial charge in [-0.25, -0.2) is 0 Å². The molecule has 0 N–H and O–H groups in total. The number of benzene rings is 8. The smallest absolute Gasteiger partial charge is 0.0540 e. The molecular weight excluding hydrogens is 663 g/mol. The monoisotopic (exact) mass is 711 g/mol. The summed E-state index contributed by atoms with van der Waals surface area (Å²) in [5.41, 5.74) is 15.7. The lowest BCUT2D eigenvalue weighted by molar-refractivity contribution is 0.569. The third-order valence-electron chi connectivity index (χ3n) is 10.8. The molecule has 0 radical (unpaired) electrons. The molecule has 1 heteroatoms. The Labute approximate surface area is 327 Å². The summed E-state index contributed by atoms with van der Waals surface area (Å²) in [6.07, 6.45) is 0. The van der Waals surface area contributed by atoms with E-state index in [0.29, 0.717) is 0 Å². The van der Waals surface area contributed by atoms with Gasteiger partial charge in [0.25, 0.3) is 0 Å². The molecule has 0 amide bonds. The lowest BCUT2D eigenvalue weighted by atomic mass is 9.78. The van der Waals surface area contributed by atoms with Crippen LogP contribution in [0.25, 0.3) is 55.3 Å². The van der Waals surface area contributed by atoms with Crippen molar-refractivity contribution in [2.75, 3.05) is 4.90 Å². The van der Waals surface area contributed by atoms with Gasteiger partial charge in [0.2, 0.25) is 0 Å². The van der Waals surface area contributed by atoms with Crippen LogP contribution in [0.1, 0.15) is 52.7 Å². The predicted molar refractivity (Wildman–Crippen MR) is 238 cm³/mol. The van der Waals surface area contributed by atoms with Crippen molar-refractivity contribution in [3.05, 3.63) is 199 Å². The van der Waals surface area contributed by atoms with Gasteiger partial charge in [0, 0.05) is 16.8 Å². The van der Waals surface area contributed by atoms with Crippen LogP contribution in [0.5, 0.6) is 0 Å². The number of anilines is 3. The van der Waals surface area contributed by atoms with E-state index in [-0.39, 0.29) is 10.8 Å². The van der Waals surface area contributed by atoms with Gasteiger partial charge >= 0.3 is 0 Å².